The zero-order valence-electron chi connectivity index (χ0n) is 18.8. The number of rotatable bonds is 9. The van der Waals surface area contributed by atoms with Crippen molar-refractivity contribution >= 4 is 6.08 Å². The molecule has 0 aliphatic heterocycles. The molecule has 31 heavy (non-hydrogen) atoms. The van der Waals surface area contributed by atoms with Crippen LogP contribution in [0.1, 0.15) is 44.7 Å². The molecule has 0 heterocycles. The summed E-state index contributed by atoms with van der Waals surface area (Å²) in [5, 5.41) is 0. The Bertz CT molecular complexity index is 994. The Balaban J connectivity index is 2.02. The van der Waals surface area contributed by atoms with Crippen molar-refractivity contribution in [3.05, 3.63) is 101 Å². The summed E-state index contributed by atoms with van der Waals surface area (Å²) in [5.41, 5.74) is 3.29. The molecule has 0 aliphatic rings. The number of hydrogen-bond donors (Lipinski definition) is 0. The van der Waals surface area contributed by atoms with Gasteiger partial charge >= 0.3 is 0 Å². The van der Waals surface area contributed by atoms with Gasteiger partial charge in [-0.05, 0) is 61.3 Å². The predicted octanol–water partition coefficient (Wildman–Crippen LogP) is 8.99. The Morgan fingerprint density at radius 1 is 0.968 bits per heavy atom. The minimum Gasteiger partial charge on any atom is -0.207 e. The summed E-state index contributed by atoms with van der Waals surface area (Å²) >= 11 is 0. The van der Waals surface area contributed by atoms with Crippen molar-refractivity contribution in [1.82, 2.24) is 0 Å². The van der Waals surface area contributed by atoms with Crippen molar-refractivity contribution in [2.45, 2.75) is 40.5 Å². The molecule has 0 nitrogen and oxygen atoms in total. The molecule has 0 N–H and O–H groups in total. The average molecular weight is 425 g/mol. The van der Waals surface area contributed by atoms with E-state index >= 15 is 0 Å². The van der Waals surface area contributed by atoms with E-state index in [2.05, 4.69) is 13.2 Å². The topological polar surface area (TPSA) is 0 Å². The maximum atomic E-state index is 14.6. The van der Waals surface area contributed by atoms with Gasteiger partial charge in [-0.1, -0.05) is 81.1 Å². The molecule has 2 aromatic carbocycles. The van der Waals surface area contributed by atoms with Gasteiger partial charge in [0.2, 0.25) is 0 Å². The van der Waals surface area contributed by atoms with Gasteiger partial charge in [0, 0.05) is 11.1 Å². The molecule has 164 valence electrons. The fraction of sp³-hybridized carbons (Fsp3) is 0.286. The molecule has 0 aliphatic carbocycles. The van der Waals surface area contributed by atoms with Crippen LogP contribution in [0.5, 0.6) is 0 Å². The summed E-state index contributed by atoms with van der Waals surface area (Å²) in [6, 6.07) is 10.5. The van der Waals surface area contributed by atoms with E-state index < -0.39 is 11.6 Å². The highest BCUT2D eigenvalue weighted by atomic mass is 19.2. The molecule has 0 aromatic heterocycles. The molecule has 0 bridgehead atoms. The van der Waals surface area contributed by atoms with Crippen molar-refractivity contribution in [3.8, 4) is 11.1 Å². The molecular formula is C28H31F3. The number of hydrogen-bond acceptors (Lipinski definition) is 0. The van der Waals surface area contributed by atoms with Gasteiger partial charge in [0.25, 0.3) is 0 Å². The zero-order valence-corrected chi connectivity index (χ0v) is 18.8. The van der Waals surface area contributed by atoms with Crippen LogP contribution in [0.4, 0.5) is 13.2 Å². The largest absolute Gasteiger partial charge is 0.207 e. The SMILES string of the molecule is C=C(C)/C(F)=C\C(=C)C(C)CCC(C)/C=C/c1ccc(-c2ccc(C)cc2)c(F)c1F. The second-order valence-corrected chi connectivity index (χ2v) is 8.36. The first kappa shape index (κ1) is 24.5. The van der Waals surface area contributed by atoms with Crippen LogP contribution in [0, 0.1) is 30.4 Å². The highest BCUT2D eigenvalue weighted by molar-refractivity contribution is 5.67. The Morgan fingerprint density at radius 3 is 2.23 bits per heavy atom. The summed E-state index contributed by atoms with van der Waals surface area (Å²) in [5.74, 6) is -1.76. The molecule has 2 unspecified atom stereocenters. The van der Waals surface area contributed by atoms with Gasteiger partial charge < -0.3 is 0 Å². The standard InChI is InChI=1S/C28H31F3/c1-18(2)26(29)17-22(6)21(5)11-7-19(3)10-14-24-15-16-25(28(31)27(24)30)23-12-8-20(4)9-13-23/h8-10,12-17,19,21H,1,6-7,11H2,2-5H3/b14-10+,26-17+. The van der Waals surface area contributed by atoms with Gasteiger partial charge in [-0.3, -0.25) is 0 Å². The maximum absolute atomic E-state index is 14.6. The van der Waals surface area contributed by atoms with Gasteiger partial charge in [0.15, 0.2) is 11.6 Å². The average Bonchev–Trinajstić information content (AvgIpc) is 2.73. The van der Waals surface area contributed by atoms with E-state index in [0.29, 0.717) is 11.1 Å². The van der Waals surface area contributed by atoms with E-state index in [-0.39, 0.29) is 28.8 Å². The minimum absolute atomic E-state index is 0.115. The first-order valence-corrected chi connectivity index (χ1v) is 10.5. The van der Waals surface area contributed by atoms with E-state index in [4.69, 9.17) is 0 Å². The zero-order chi connectivity index (χ0) is 23.1. The van der Waals surface area contributed by atoms with Gasteiger partial charge in [-0.25, -0.2) is 13.2 Å². The molecule has 3 heteroatoms. The van der Waals surface area contributed by atoms with Gasteiger partial charge in [-0.15, -0.1) is 0 Å². The van der Waals surface area contributed by atoms with E-state index in [1.165, 1.54) is 6.08 Å². The second kappa shape index (κ2) is 11.0. The van der Waals surface area contributed by atoms with Crippen LogP contribution < -0.4 is 0 Å². The summed E-state index contributed by atoms with van der Waals surface area (Å²) in [4.78, 5) is 0. The lowest BCUT2D eigenvalue weighted by Gasteiger charge is -2.14. The lowest BCUT2D eigenvalue weighted by molar-refractivity contribution is 0.509. The lowest BCUT2D eigenvalue weighted by Crippen LogP contribution is -2.01. The molecule has 0 fully saturated rings. The summed E-state index contributed by atoms with van der Waals surface area (Å²) in [6.45, 7) is 15.1. The third kappa shape index (κ3) is 6.85. The number of halogens is 3. The van der Waals surface area contributed by atoms with Crippen molar-refractivity contribution in [3.63, 3.8) is 0 Å². The van der Waals surface area contributed by atoms with Gasteiger partial charge in [0.1, 0.15) is 5.83 Å². The highest BCUT2D eigenvalue weighted by Gasteiger charge is 2.14. The third-order valence-corrected chi connectivity index (χ3v) is 5.49. The van der Waals surface area contributed by atoms with Gasteiger partial charge in [-0.2, -0.15) is 0 Å². The summed E-state index contributed by atoms with van der Waals surface area (Å²) < 4.78 is 42.9. The van der Waals surface area contributed by atoms with Crippen LogP contribution in [0.15, 0.2) is 78.7 Å². The molecule has 0 saturated carbocycles. The molecule has 2 rings (SSSR count). The summed E-state index contributed by atoms with van der Waals surface area (Å²) in [7, 11) is 0. The Hall–Kier alpha value is -2.81. The minimum atomic E-state index is -0.844. The van der Waals surface area contributed by atoms with Gasteiger partial charge in [0.05, 0.1) is 0 Å². The smallest absolute Gasteiger partial charge is 0.167 e. The molecule has 2 aromatic rings. The quantitative estimate of drug-likeness (QED) is 0.352. The van der Waals surface area contributed by atoms with Crippen molar-refractivity contribution in [1.29, 1.82) is 0 Å². The fourth-order valence-electron chi connectivity index (χ4n) is 3.14. The van der Waals surface area contributed by atoms with Crippen molar-refractivity contribution in [2.24, 2.45) is 11.8 Å². The number of aryl methyl sites for hydroxylation is 1. The maximum Gasteiger partial charge on any atom is 0.167 e. The third-order valence-electron chi connectivity index (χ3n) is 5.49. The van der Waals surface area contributed by atoms with Crippen molar-refractivity contribution in [2.75, 3.05) is 0 Å². The molecule has 2 atom stereocenters. The molecule has 0 saturated heterocycles. The normalized spacial score (nSPS) is 14.0. The number of allylic oxidation sites excluding steroid dienone is 5. The van der Waals surface area contributed by atoms with Crippen molar-refractivity contribution < 1.29 is 13.2 Å². The van der Waals surface area contributed by atoms with Crippen LogP contribution in [0.2, 0.25) is 0 Å². The number of benzene rings is 2. The first-order chi connectivity index (χ1) is 14.6. The van der Waals surface area contributed by atoms with E-state index in [1.807, 2.05) is 39.0 Å². The van der Waals surface area contributed by atoms with Crippen LogP contribution in [-0.2, 0) is 0 Å². The molecule has 0 radical (unpaired) electrons. The predicted molar refractivity (Wildman–Crippen MR) is 126 cm³/mol. The molecule has 0 spiro atoms. The first-order valence-electron chi connectivity index (χ1n) is 10.5. The summed E-state index contributed by atoms with van der Waals surface area (Å²) in [6.07, 6.45) is 6.57. The lowest BCUT2D eigenvalue weighted by atomic mass is 9.92. The second-order valence-electron chi connectivity index (χ2n) is 8.36. The van der Waals surface area contributed by atoms with E-state index in [1.54, 1.807) is 37.3 Å². The molecular weight excluding hydrogens is 393 g/mol. The highest BCUT2D eigenvalue weighted by Crippen LogP contribution is 2.28. The van der Waals surface area contributed by atoms with Crippen LogP contribution in [-0.4, -0.2) is 0 Å². The van der Waals surface area contributed by atoms with Crippen LogP contribution in [0.25, 0.3) is 17.2 Å². The van der Waals surface area contributed by atoms with Crippen LogP contribution >= 0.6 is 0 Å². The molecule has 0 amide bonds. The Labute approximate surface area is 184 Å². The monoisotopic (exact) mass is 424 g/mol. The van der Waals surface area contributed by atoms with E-state index in [9.17, 15) is 13.2 Å². The Kier molecular flexibility index (Phi) is 8.67. The van der Waals surface area contributed by atoms with E-state index in [0.717, 1.165) is 24.0 Å². The fourth-order valence-corrected chi connectivity index (χ4v) is 3.14. The van der Waals surface area contributed by atoms with Crippen LogP contribution in [0.3, 0.4) is 0 Å². The Morgan fingerprint density at radius 2 is 1.61 bits per heavy atom.